The lowest BCUT2D eigenvalue weighted by atomic mass is 9.66. The zero-order valence-corrected chi connectivity index (χ0v) is 7.88. The maximum atomic E-state index is 9.46. The van der Waals surface area contributed by atoms with Gasteiger partial charge in [-0.15, -0.1) is 0 Å². The van der Waals surface area contributed by atoms with Gasteiger partial charge in [0.15, 0.2) is 0 Å². The molecule has 1 saturated carbocycles. The van der Waals surface area contributed by atoms with Crippen molar-refractivity contribution in [2.24, 2.45) is 17.8 Å². The molecule has 66 valence electrons. The monoisotopic (exact) mass is 156 g/mol. The molecule has 1 rings (SSSR count). The molecule has 0 amide bonds. The minimum atomic E-state index is 0.0161. The first-order chi connectivity index (χ1) is 5.15. The van der Waals surface area contributed by atoms with Crippen LogP contribution in [0.5, 0.6) is 0 Å². The van der Waals surface area contributed by atoms with Gasteiger partial charge in [-0.2, -0.15) is 0 Å². The number of aliphatic hydroxyl groups is 1. The highest BCUT2D eigenvalue weighted by atomic mass is 16.3. The normalized spacial score (nSPS) is 37.4. The predicted molar refractivity (Wildman–Crippen MR) is 47.3 cm³/mol. The summed E-state index contributed by atoms with van der Waals surface area (Å²) in [4.78, 5) is 0. The van der Waals surface area contributed by atoms with Crippen LogP contribution >= 0.6 is 0 Å². The van der Waals surface area contributed by atoms with Crippen molar-refractivity contribution in [1.29, 1.82) is 0 Å². The highest BCUT2D eigenvalue weighted by molar-refractivity contribution is 4.88. The number of hydrogen-bond acceptors (Lipinski definition) is 1. The SMILES string of the molecule is CCC1CC(O)C1CC(C)C. The largest absolute Gasteiger partial charge is 0.393 e. The summed E-state index contributed by atoms with van der Waals surface area (Å²) in [6.45, 7) is 6.69. The minimum absolute atomic E-state index is 0.0161. The van der Waals surface area contributed by atoms with E-state index in [4.69, 9.17) is 0 Å². The minimum Gasteiger partial charge on any atom is -0.393 e. The average Bonchev–Trinajstić information content (AvgIpc) is 1.95. The number of hydrogen-bond donors (Lipinski definition) is 1. The molecular formula is C10H20O. The van der Waals surface area contributed by atoms with Crippen molar-refractivity contribution in [2.75, 3.05) is 0 Å². The molecule has 11 heavy (non-hydrogen) atoms. The van der Waals surface area contributed by atoms with Crippen LogP contribution in [0.3, 0.4) is 0 Å². The van der Waals surface area contributed by atoms with Crippen LogP contribution in [-0.4, -0.2) is 11.2 Å². The van der Waals surface area contributed by atoms with Crippen LogP contribution in [0.1, 0.15) is 40.0 Å². The van der Waals surface area contributed by atoms with Crippen molar-refractivity contribution < 1.29 is 5.11 Å². The van der Waals surface area contributed by atoms with Crippen LogP contribution in [0.2, 0.25) is 0 Å². The molecule has 0 heterocycles. The smallest absolute Gasteiger partial charge is 0.0573 e. The topological polar surface area (TPSA) is 20.2 Å². The molecule has 1 nitrogen and oxygen atoms in total. The summed E-state index contributed by atoms with van der Waals surface area (Å²) in [6, 6.07) is 0. The maximum Gasteiger partial charge on any atom is 0.0573 e. The molecule has 1 aliphatic carbocycles. The standard InChI is InChI=1S/C10H20O/c1-4-8-6-10(11)9(8)5-7(2)3/h7-11H,4-6H2,1-3H3. The molecule has 0 aliphatic heterocycles. The van der Waals surface area contributed by atoms with Crippen LogP contribution in [-0.2, 0) is 0 Å². The Morgan fingerprint density at radius 3 is 2.45 bits per heavy atom. The molecule has 0 bridgehead atoms. The van der Waals surface area contributed by atoms with Gasteiger partial charge in [-0.3, -0.25) is 0 Å². The Morgan fingerprint density at radius 1 is 1.45 bits per heavy atom. The maximum absolute atomic E-state index is 9.46. The van der Waals surface area contributed by atoms with E-state index < -0.39 is 0 Å². The predicted octanol–water partition coefficient (Wildman–Crippen LogP) is 2.44. The summed E-state index contributed by atoms with van der Waals surface area (Å²) in [5.41, 5.74) is 0. The molecule has 0 saturated heterocycles. The zero-order chi connectivity index (χ0) is 8.43. The van der Waals surface area contributed by atoms with Crippen LogP contribution in [0, 0.1) is 17.8 Å². The Kier molecular flexibility index (Phi) is 2.94. The number of aliphatic hydroxyl groups excluding tert-OH is 1. The summed E-state index contributed by atoms with van der Waals surface area (Å²) in [5.74, 6) is 2.16. The lowest BCUT2D eigenvalue weighted by Gasteiger charge is -2.42. The van der Waals surface area contributed by atoms with Crippen LogP contribution in [0.15, 0.2) is 0 Å². The van der Waals surface area contributed by atoms with Gasteiger partial charge in [-0.05, 0) is 30.6 Å². The molecule has 0 aromatic heterocycles. The molecule has 1 N–H and O–H groups in total. The number of rotatable bonds is 3. The zero-order valence-electron chi connectivity index (χ0n) is 7.88. The third-order valence-electron chi connectivity index (χ3n) is 2.91. The van der Waals surface area contributed by atoms with Gasteiger partial charge in [0.05, 0.1) is 6.10 Å². The molecule has 0 spiro atoms. The molecule has 0 aromatic carbocycles. The van der Waals surface area contributed by atoms with Gasteiger partial charge in [0.1, 0.15) is 0 Å². The first-order valence-electron chi connectivity index (χ1n) is 4.83. The molecule has 0 radical (unpaired) electrons. The molecule has 1 aliphatic rings. The highest BCUT2D eigenvalue weighted by Gasteiger charge is 2.38. The van der Waals surface area contributed by atoms with E-state index in [2.05, 4.69) is 20.8 Å². The second-order valence-corrected chi connectivity index (χ2v) is 4.26. The van der Waals surface area contributed by atoms with Crippen molar-refractivity contribution in [2.45, 2.75) is 46.1 Å². The second kappa shape index (κ2) is 3.57. The van der Waals surface area contributed by atoms with Gasteiger partial charge in [-0.25, -0.2) is 0 Å². The molecule has 0 aromatic rings. The lowest BCUT2D eigenvalue weighted by Crippen LogP contribution is -2.41. The van der Waals surface area contributed by atoms with Crippen LogP contribution in [0.4, 0.5) is 0 Å². The van der Waals surface area contributed by atoms with Crippen molar-refractivity contribution in [3.05, 3.63) is 0 Å². The highest BCUT2D eigenvalue weighted by Crippen LogP contribution is 2.40. The Morgan fingerprint density at radius 2 is 2.09 bits per heavy atom. The van der Waals surface area contributed by atoms with E-state index in [9.17, 15) is 5.11 Å². The fourth-order valence-electron chi connectivity index (χ4n) is 2.14. The fraction of sp³-hybridized carbons (Fsp3) is 1.00. The van der Waals surface area contributed by atoms with Gasteiger partial charge in [0, 0.05) is 0 Å². The summed E-state index contributed by atoms with van der Waals surface area (Å²) < 4.78 is 0. The van der Waals surface area contributed by atoms with Gasteiger partial charge >= 0.3 is 0 Å². The van der Waals surface area contributed by atoms with E-state index in [0.717, 1.165) is 18.3 Å². The van der Waals surface area contributed by atoms with Crippen LogP contribution in [0.25, 0.3) is 0 Å². The van der Waals surface area contributed by atoms with E-state index in [0.29, 0.717) is 5.92 Å². The molecule has 1 heteroatoms. The summed E-state index contributed by atoms with van der Waals surface area (Å²) in [7, 11) is 0. The average molecular weight is 156 g/mol. The molecular weight excluding hydrogens is 136 g/mol. The Bertz CT molecular complexity index is 120. The summed E-state index contributed by atoms with van der Waals surface area (Å²) in [5, 5.41) is 9.46. The summed E-state index contributed by atoms with van der Waals surface area (Å²) >= 11 is 0. The Hall–Kier alpha value is -0.0400. The Labute approximate surface area is 69.8 Å². The first kappa shape index (κ1) is 9.05. The fourth-order valence-corrected chi connectivity index (χ4v) is 2.14. The van der Waals surface area contributed by atoms with Crippen molar-refractivity contribution >= 4 is 0 Å². The van der Waals surface area contributed by atoms with E-state index >= 15 is 0 Å². The molecule has 1 fully saturated rings. The van der Waals surface area contributed by atoms with Crippen molar-refractivity contribution in [3.8, 4) is 0 Å². The van der Waals surface area contributed by atoms with E-state index in [1.165, 1.54) is 12.8 Å². The quantitative estimate of drug-likeness (QED) is 0.665. The van der Waals surface area contributed by atoms with Crippen LogP contribution < -0.4 is 0 Å². The van der Waals surface area contributed by atoms with Gasteiger partial charge in [0.2, 0.25) is 0 Å². The van der Waals surface area contributed by atoms with Gasteiger partial charge < -0.3 is 5.11 Å². The summed E-state index contributed by atoms with van der Waals surface area (Å²) in [6.07, 6.45) is 3.52. The van der Waals surface area contributed by atoms with Gasteiger partial charge in [0.25, 0.3) is 0 Å². The van der Waals surface area contributed by atoms with E-state index in [1.807, 2.05) is 0 Å². The second-order valence-electron chi connectivity index (χ2n) is 4.26. The van der Waals surface area contributed by atoms with Crippen molar-refractivity contribution in [3.63, 3.8) is 0 Å². The first-order valence-corrected chi connectivity index (χ1v) is 4.83. The van der Waals surface area contributed by atoms with Crippen molar-refractivity contribution in [1.82, 2.24) is 0 Å². The Balaban J connectivity index is 2.30. The molecule has 3 unspecified atom stereocenters. The lowest BCUT2D eigenvalue weighted by molar-refractivity contribution is -0.0448. The third-order valence-corrected chi connectivity index (χ3v) is 2.91. The van der Waals surface area contributed by atoms with E-state index in [-0.39, 0.29) is 6.10 Å². The van der Waals surface area contributed by atoms with Gasteiger partial charge in [-0.1, -0.05) is 27.2 Å². The van der Waals surface area contributed by atoms with E-state index in [1.54, 1.807) is 0 Å². The third kappa shape index (κ3) is 1.96. The molecule has 3 atom stereocenters.